The van der Waals surface area contributed by atoms with Gasteiger partial charge in [-0.15, -0.1) is 0 Å². The maximum absolute atomic E-state index is 13.0. The lowest BCUT2D eigenvalue weighted by molar-refractivity contribution is -0.137. The molecule has 1 aromatic rings. The summed E-state index contributed by atoms with van der Waals surface area (Å²) in [5, 5.41) is 3.03. The zero-order valence-electron chi connectivity index (χ0n) is 10.4. The highest BCUT2D eigenvalue weighted by molar-refractivity contribution is 9.10. The van der Waals surface area contributed by atoms with Gasteiger partial charge in [-0.25, -0.2) is 0 Å². The molecule has 2 fully saturated rings. The Morgan fingerprint density at radius 2 is 1.95 bits per heavy atom. The van der Waals surface area contributed by atoms with Gasteiger partial charge >= 0.3 is 6.18 Å². The van der Waals surface area contributed by atoms with E-state index >= 15 is 0 Å². The molecule has 5 heteroatoms. The number of nitrogens with one attached hydrogen (secondary N) is 1. The van der Waals surface area contributed by atoms with Crippen LogP contribution >= 0.6 is 15.9 Å². The third kappa shape index (κ3) is 2.76. The zero-order valence-corrected chi connectivity index (χ0v) is 11.9. The van der Waals surface area contributed by atoms with Gasteiger partial charge in [0.1, 0.15) is 0 Å². The normalized spacial score (nSPS) is 21.3. The number of rotatable bonds is 4. The van der Waals surface area contributed by atoms with Crippen LogP contribution in [0.25, 0.3) is 0 Å². The summed E-state index contributed by atoms with van der Waals surface area (Å²) in [6.45, 7) is 0.669. The molecule has 0 heterocycles. The van der Waals surface area contributed by atoms with Crippen molar-refractivity contribution in [3.05, 3.63) is 28.2 Å². The molecule has 0 bridgehead atoms. The molecule has 1 aromatic carbocycles. The van der Waals surface area contributed by atoms with Crippen LogP contribution in [-0.2, 0) is 6.18 Å². The Balaban J connectivity index is 1.77. The minimum atomic E-state index is -4.32. The van der Waals surface area contributed by atoms with Crippen LogP contribution in [0.5, 0.6) is 0 Å². The molecule has 0 radical (unpaired) electrons. The first-order chi connectivity index (χ1) is 8.91. The topological polar surface area (TPSA) is 12.0 Å². The summed E-state index contributed by atoms with van der Waals surface area (Å²) >= 11 is 3.10. The highest BCUT2D eigenvalue weighted by atomic mass is 79.9. The SMILES string of the molecule is FC(F)(F)c1cc(Br)ccc1NCC1(C2CC2)CC1. The minimum absolute atomic E-state index is 0.197. The summed E-state index contributed by atoms with van der Waals surface area (Å²) in [5.41, 5.74) is -0.105. The molecule has 3 rings (SSSR count). The number of hydrogen-bond acceptors (Lipinski definition) is 1. The molecule has 2 aliphatic carbocycles. The van der Waals surface area contributed by atoms with Crippen molar-refractivity contribution >= 4 is 21.6 Å². The monoisotopic (exact) mass is 333 g/mol. The summed E-state index contributed by atoms with van der Waals surface area (Å²) in [7, 11) is 0. The van der Waals surface area contributed by atoms with Crippen LogP contribution in [0.4, 0.5) is 18.9 Å². The van der Waals surface area contributed by atoms with E-state index in [9.17, 15) is 13.2 Å². The van der Waals surface area contributed by atoms with Gasteiger partial charge in [0.05, 0.1) is 5.56 Å². The lowest BCUT2D eigenvalue weighted by Crippen LogP contribution is -2.19. The van der Waals surface area contributed by atoms with Crippen molar-refractivity contribution in [2.45, 2.75) is 31.9 Å². The maximum atomic E-state index is 13.0. The van der Waals surface area contributed by atoms with Gasteiger partial charge in [0.25, 0.3) is 0 Å². The van der Waals surface area contributed by atoms with Crippen LogP contribution in [0.2, 0.25) is 0 Å². The van der Waals surface area contributed by atoms with Gasteiger partial charge < -0.3 is 5.32 Å². The Kier molecular flexibility index (Phi) is 3.08. The van der Waals surface area contributed by atoms with Crippen LogP contribution < -0.4 is 5.32 Å². The molecule has 1 N–H and O–H groups in total. The molecule has 1 nitrogen and oxygen atoms in total. The Morgan fingerprint density at radius 3 is 2.47 bits per heavy atom. The van der Waals surface area contributed by atoms with Gasteiger partial charge in [0.15, 0.2) is 0 Å². The second-order valence-electron chi connectivity index (χ2n) is 5.68. The van der Waals surface area contributed by atoms with Crippen molar-refractivity contribution in [2.75, 3.05) is 11.9 Å². The Hall–Kier alpha value is -0.710. The largest absolute Gasteiger partial charge is 0.418 e. The van der Waals surface area contributed by atoms with Crippen molar-refractivity contribution in [1.29, 1.82) is 0 Å². The summed E-state index contributed by atoms with van der Waals surface area (Å²) in [6.07, 6.45) is 0.482. The Labute approximate surface area is 118 Å². The van der Waals surface area contributed by atoms with Crippen LogP contribution in [0.15, 0.2) is 22.7 Å². The molecule has 0 saturated heterocycles. The summed E-state index contributed by atoms with van der Waals surface area (Å²) in [6, 6.07) is 4.29. The first-order valence-electron chi connectivity index (χ1n) is 6.51. The van der Waals surface area contributed by atoms with Gasteiger partial charge in [0.2, 0.25) is 0 Å². The molecular formula is C14H15BrF3N. The van der Waals surface area contributed by atoms with E-state index in [1.54, 1.807) is 6.07 Å². The number of anilines is 1. The average molecular weight is 334 g/mol. The van der Waals surface area contributed by atoms with Crippen molar-refractivity contribution in [3.63, 3.8) is 0 Å². The highest BCUT2D eigenvalue weighted by Crippen LogP contribution is 2.61. The summed E-state index contributed by atoms with van der Waals surface area (Å²) in [4.78, 5) is 0. The lowest BCUT2D eigenvalue weighted by Gasteiger charge is -2.19. The molecule has 2 saturated carbocycles. The fourth-order valence-electron chi connectivity index (χ4n) is 2.76. The van der Waals surface area contributed by atoms with Crippen molar-refractivity contribution in [2.24, 2.45) is 11.3 Å². The van der Waals surface area contributed by atoms with E-state index in [2.05, 4.69) is 21.2 Å². The molecule has 19 heavy (non-hydrogen) atoms. The molecule has 0 atom stereocenters. The molecule has 104 valence electrons. The quantitative estimate of drug-likeness (QED) is 0.811. The van der Waals surface area contributed by atoms with Crippen molar-refractivity contribution in [1.82, 2.24) is 0 Å². The van der Waals surface area contributed by atoms with E-state index in [-0.39, 0.29) is 11.1 Å². The number of benzene rings is 1. The fraction of sp³-hybridized carbons (Fsp3) is 0.571. The highest BCUT2D eigenvalue weighted by Gasteiger charge is 2.53. The van der Waals surface area contributed by atoms with Gasteiger partial charge in [-0.05, 0) is 55.2 Å². The second kappa shape index (κ2) is 4.40. The number of hydrogen-bond donors (Lipinski definition) is 1. The minimum Gasteiger partial charge on any atom is -0.384 e. The molecule has 0 aliphatic heterocycles. The first kappa shape index (κ1) is 13.3. The van der Waals surface area contributed by atoms with Gasteiger partial charge in [-0.3, -0.25) is 0 Å². The summed E-state index contributed by atoms with van der Waals surface area (Å²) < 4.78 is 39.4. The average Bonchev–Trinajstić information content (AvgIpc) is 3.19. The fourth-order valence-corrected chi connectivity index (χ4v) is 3.12. The van der Waals surface area contributed by atoms with Gasteiger partial charge in [-0.1, -0.05) is 15.9 Å². The maximum Gasteiger partial charge on any atom is 0.418 e. The Bertz CT molecular complexity index is 490. The number of halogens is 4. The van der Waals surface area contributed by atoms with Crippen molar-refractivity contribution < 1.29 is 13.2 Å². The van der Waals surface area contributed by atoms with E-state index < -0.39 is 11.7 Å². The van der Waals surface area contributed by atoms with Crippen LogP contribution in [0.3, 0.4) is 0 Å². The first-order valence-corrected chi connectivity index (χ1v) is 7.31. The number of alkyl halides is 3. The molecular weight excluding hydrogens is 319 g/mol. The lowest BCUT2D eigenvalue weighted by atomic mass is 10.0. The smallest absolute Gasteiger partial charge is 0.384 e. The van der Waals surface area contributed by atoms with Crippen LogP contribution in [0.1, 0.15) is 31.2 Å². The second-order valence-corrected chi connectivity index (χ2v) is 6.59. The van der Waals surface area contributed by atoms with E-state index in [0.29, 0.717) is 11.0 Å². The third-order valence-electron chi connectivity index (χ3n) is 4.25. The zero-order chi connectivity index (χ0) is 13.7. The molecule has 0 amide bonds. The predicted molar refractivity (Wildman–Crippen MR) is 72.0 cm³/mol. The van der Waals surface area contributed by atoms with E-state index in [1.165, 1.54) is 18.9 Å². The van der Waals surface area contributed by atoms with Gasteiger partial charge in [-0.2, -0.15) is 13.2 Å². The predicted octanol–water partition coefficient (Wildman–Crippen LogP) is 5.07. The summed E-state index contributed by atoms with van der Waals surface area (Å²) in [5.74, 6) is 0.741. The molecule has 0 aromatic heterocycles. The third-order valence-corrected chi connectivity index (χ3v) is 4.75. The molecule has 0 spiro atoms. The van der Waals surface area contributed by atoms with E-state index in [4.69, 9.17) is 0 Å². The van der Waals surface area contributed by atoms with E-state index in [1.807, 2.05) is 0 Å². The molecule has 0 unspecified atom stereocenters. The van der Waals surface area contributed by atoms with E-state index in [0.717, 1.165) is 24.8 Å². The van der Waals surface area contributed by atoms with Crippen LogP contribution in [0, 0.1) is 11.3 Å². The van der Waals surface area contributed by atoms with Crippen LogP contribution in [-0.4, -0.2) is 6.54 Å². The Morgan fingerprint density at radius 1 is 1.26 bits per heavy atom. The standard InChI is InChI=1S/C14H15BrF3N/c15-10-3-4-12(11(7-10)14(16,17)18)19-8-13(5-6-13)9-1-2-9/h3-4,7,9,19H,1-2,5-6,8H2. The molecule has 2 aliphatic rings. The van der Waals surface area contributed by atoms with Crippen molar-refractivity contribution in [3.8, 4) is 0 Å². The van der Waals surface area contributed by atoms with Gasteiger partial charge in [0, 0.05) is 16.7 Å².